The predicted octanol–water partition coefficient (Wildman–Crippen LogP) is -0.00740. The maximum absolute atomic E-state index is 12.3. The second kappa shape index (κ2) is 5.68. The summed E-state index contributed by atoms with van der Waals surface area (Å²) in [7, 11) is -3.68. The van der Waals surface area contributed by atoms with E-state index < -0.39 is 10.2 Å². The van der Waals surface area contributed by atoms with Crippen LogP contribution in [-0.2, 0) is 10.2 Å². The number of anilines is 1. The van der Waals surface area contributed by atoms with E-state index in [1.807, 2.05) is 0 Å². The van der Waals surface area contributed by atoms with Crippen LogP contribution in [0.2, 0.25) is 0 Å². The monoisotopic (exact) mass is 362 g/mol. The molecule has 20 heavy (non-hydrogen) atoms. The summed E-state index contributed by atoms with van der Waals surface area (Å²) in [4.78, 5) is 13.9. The molecule has 2 rings (SSSR count). The van der Waals surface area contributed by atoms with E-state index in [1.54, 1.807) is 23.1 Å². The molecule has 1 heterocycles. The Hall–Kier alpha value is -1.16. The van der Waals surface area contributed by atoms with Gasteiger partial charge in [-0.15, -0.1) is 0 Å². The molecule has 0 aromatic heterocycles. The summed E-state index contributed by atoms with van der Waals surface area (Å²) in [5.74, 6) is -0.168. The fourth-order valence-corrected chi connectivity index (χ4v) is 2.92. The minimum Gasteiger partial charge on any atom is -0.398 e. The van der Waals surface area contributed by atoms with E-state index in [1.165, 1.54) is 0 Å². The van der Waals surface area contributed by atoms with Gasteiger partial charge in [-0.25, -0.2) is 5.14 Å². The molecule has 1 aliphatic heterocycles. The van der Waals surface area contributed by atoms with E-state index in [0.29, 0.717) is 24.3 Å². The van der Waals surface area contributed by atoms with Gasteiger partial charge in [-0.1, -0.05) is 0 Å². The zero-order chi connectivity index (χ0) is 14.9. The van der Waals surface area contributed by atoms with Gasteiger partial charge in [0, 0.05) is 41.9 Å². The lowest BCUT2D eigenvalue weighted by molar-refractivity contribution is 0.0698. The SMILES string of the molecule is Nc1cc(C(=O)N2CCN(S(N)(=O)=O)CC2)ccc1Br. The number of rotatable bonds is 2. The Morgan fingerprint density at radius 2 is 1.80 bits per heavy atom. The van der Waals surface area contributed by atoms with E-state index in [0.717, 1.165) is 8.78 Å². The van der Waals surface area contributed by atoms with Crippen LogP contribution in [0.4, 0.5) is 5.69 Å². The quantitative estimate of drug-likeness (QED) is 0.721. The minimum atomic E-state index is -3.68. The summed E-state index contributed by atoms with van der Waals surface area (Å²) >= 11 is 3.27. The number of carbonyl (C=O) groups excluding carboxylic acids is 1. The van der Waals surface area contributed by atoms with Gasteiger partial charge in [-0.3, -0.25) is 4.79 Å². The number of nitrogen functional groups attached to an aromatic ring is 1. The predicted molar refractivity (Wildman–Crippen MR) is 79.1 cm³/mol. The minimum absolute atomic E-state index is 0.168. The van der Waals surface area contributed by atoms with Crippen molar-refractivity contribution in [3.8, 4) is 0 Å². The van der Waals surface area contributed by atoms with Crippen LogP contribution in [0.1, 0.15) is 10.4 Å². The maximum Gasteiger partial charge on any atom is 0.277 e. The van der Waals surface area contributed by atoms with E-state index in [2.05, 4.69) is 15.9 Å². The standard InChI is InChI=1S/C11H15BrN4O3S/c12-9-2-1-8(7-10(9)13)11(17)15-3-5-16(6-4-15)20(14,18)19/h1-2,7H,3-6,13H2,(H2,14,18,19). The Bertz CT molecular complexity index is 627. The molecule has 1 aromatic rings. The maximum atomic E-state index is 12.3. The molecule has 0 unspecified atom stereocenters. The van der Waals surface area contributed by atoms with Crippen LogP contribution in [0.3, 0.4) is 0 Å². The smallest absolute Gasteiger partial charge is 0.277 e. The molecule has 0 spiro atoms. The second-order valence-electron chi connectivity index (χ2n) is 4.47. The van der Waals surface area contributed by atoms with Crippen molar-refractivity contribution < 1.29 is 13.2 Å². The first kappa shape index (κ1) is 15.2. The fourth-order valence-electron chi connectivity index (χ4n) is 2.01. The molecule has 7 nitrogen and oxygen atoms in total. The number of carbonyl (C=O) groups is 1. The number of benzene rings is 1. The molecule has 9 heteroatoms. The molecule has 1 saturated heterocycles. The van der Waals surface area contributed by atoms with Crippen LogP contribution >= 0.6 is 15.9 Å². The van der Waals surface area contributed by atoms with Gasteiger partial charge in [0.2, 0.25) is 0 Å². The average Bonchev–Trinajstić information content (AvgIpc) is 2.40. The molecule has 1 amide bonds. The molecule has 0 saturated carbocycles. The van der Waals surface area contributed by atoms with Crippen molar-refractivity contribution >= 4 is 37.7 Å². The van der Waals surface area contributed by atoms with E-state index >= 15 is 0 Å². The Morgan fingerprint density at radius 1 is 1.20 bits per heavy atom. The third-order valence-electron chi connectivity index (χ3n) is 3.13. The Labute approximate surface area is 125 Å². The molecule has 0 radical (unpaired) electrons. The van der Waals surface area contributed by atoms with Crippen LogP contribution in [0.25, 0.3) is 0 Å². The first-order valence-electron chi connectivity index (χ1n) is 5.91. The van der Waals surface area contributed by atoms with Crippen LogP contribution in [0.15, 0.2) is 22.7 Å². The van der Waals surface area contributed by atoms with Crippen LogP contribution < -0.4 is 10.9 Å². The van der Waals surface area contributed by atoms with Gasteiger partial charge in [0.05, 0.1) is 0 Å². The van der Waals surface area contributed by atoms with Gasteiger partial charge in [0.1, 0.15) is 0 Å². The van der Waals surface area contributed by atoms with E-state index in [9.17, 15) is 13.2 Å². The summed E-state index contributed by atoms with van der Waals surface area (Å²) in [5, 5.41) is 5.05. The van der Waals surface area contributed by atoms with Crippen molar-refractivity contribution in [2.24, 2.45) is 5.14 Å². The van der Waals surface area contributed by atoms with Gasteiger partial charge < -0.3 is 10.6 Å². The molecular formula is C11H15BrN4O3S. The first-order valence-corrected chi connectivity index (χ1v) is 8.21. The molecule has 4 N–H and O–H groups in total. The molecule has 0 atom stereocenters. The average molecular weight is 363 g/mol. The topological polar surface area (TPSA) is 110 Å². The highest BCUT2D eigenvalue weighted by Crippen LogP contribution is 2.21. The van der Waals surface area contributed by atoms with Gasteiger partial charge in [0.15, 0.2) is 0 Å². The lowest BCUT2D eigenvalue weighted by Crippen LogP contribution is -2.52. The molecule has 0 aliphatic carbocycles. The number of piperazine rings is 1. The Balaban J connectivity index is 2.07. The largest absolute Gasteiger partial charge is 0.398 e. The van der Waals surface area contributed by atoms with Crippen LogP contribution in [0.5, 0.6) is 0 Å². The second-order valence-corrected chi connectivity index (χ2v) is 6.87. The number of nitrogens with two attached hydrogens (primary N) is 2. The van der Waals surface area contributed by atoms with Gasteiger partial charge >= 0.3 is 0 Å². The molecule has 110 valence electrons. The number of amides is 1. The van der Waals surface area contributed by atoms with Crippen molar-refractivity contribution in [2.75, 3.05) is 31.9 Å². The Kier molecular flexibility index (Phi) is 4.33. The Morgan fingerprint density at radius 3 is 2.30 bits per heavy atom. The number of halogens is 1. The van der Waals surface area contributed by atoms with E-state index in [4.69, 9.17) is 10.9 Å². The zero-order valence-corrected chi connectivity index (χ0v) is 13.0. The van der Waals surface area contributed by atoms with E-state index in [-0.39, 0.29) is 19.0 Å². The zero-order valence-electron chi connectivity index (χ0n) is 10.6. The number of hydrogen-bond donors (Lipinski definition) is 2. The van der Waals surface area contributed by atoms with Gasteiger partial charge in [0.25, 0.3) is 16.1 Å². The summed E-state index contributed by atoms with van der Waals surface area (Å²) in [6, 6.07) is 4.98. The van der Waals surface area contributed by atoms with Crippen LogP contribution in [0, 0.1) is 0 Å². The summed E-state index contributed by atoms with van der Waals surface area (Å²) in [6.45, 7) is 1.03. The fraction of sp³-hybridized carbons (Fsp3) is 0.364. The van der Waals surface area contributed by atoms with Gasteiger partial charge in [-0.2, -0.15) is 12.7 Å². The highest BCUT2D eigenvalue weighted by atomic mass is 79.9. The third-order valence-corrected chi connectivity index (χ3v) is 4.94. The van der Waals surface area contributed by atoms with Crippen molar-refractivity contribution in [1.82, 2.24) is 9.21 Å². The highest BCUT2D eigenvalue weighted by Gasteiger charge is 2.27. The van der Waals surface area contributed by atoms with Crippen molar-refractivity contribution in [1.29, 1.82) is 0 Å². The lowest BCUT2D eigenvalue weighted by atomic mass is 10.1. The number of nitrogens with zero attached hydrogens (tertiary/aromatic N) is 2. The van der Waals surface area contributed by atoms with Gasteiger partial charge in [-0.05, 0) is 34.1 Å². The third kappa shape index (κ3) is 3.29. The summed E-state index contributed by atoms with van der Waals surface area (Å²) in [6.07, 6.45) is 0. The normalized spacial score (nSPS) is 17.2. The molecule has 1 aromatic carbocycles. The summed E-state index contributed by atoms with van der Waals surface area (Å²) < 4.78 is 24.3. The molecule has 0 bridgehead atoms. The van der Waals surface area contributed by atoms with Crippen molar-refractivity contribution in [3.63, 3.8) is 0 Å². The van der Waals surface area contributed by atoms with Crippen LogP contribution in [-0.4, -0.2) is 49.7 Å². The lowest BCUT2D eigenvalue weighted by Gasteiger charge is -2.33. The van der Waals surface area contributed by atoms with Crippen molar-refractivity contribution in [3.05, 3.63) is 28.2 Å². The molecule has 1 aliphatic rings. The number of hydrogen-bond acceptors (Lipinski definition) is 4. The highest BCUT2D eigenvalue weighted by molar-refractivity contribution is 9.10. The van der Waals surface area contributed by atoms with Crippen molar-refractivity contribution in [2.45, 2.75) is 0 Å². The summed E-state index contributed by atoms with van der Waals surface area (Å²) in [5.41, 5.74) is 6.71. The first-order chi connectivity index (χ1) is 9.29. The molecule has 1 fully saturated rings. The molecular weight excluding hydrogens is 348 g/mol.